The minimum Gasteiger partial charge on any atom is -0.404 e. The van der Waals surface area contributed by atoms with E-state index in [1.54, 1.807) is 10.5 Å². The van der Waals surface area contributed by atoms with Gasteiger partial charge >= 0.3 is 0 Å². The topological polar surface area (TPSA) is 113 Å². The Kier molecular flexibility index (Phi) is 4.61. The number of nitrogens with two attached hydrogens (primary N) is 2. The van der Waals surface area contributed by atoms with E-state index in [2.05, 4.69) is 27.1 Å². The zero-order chi connectivity index (χ0) is 14.0. The third-order valence-electron chi connectivity index (χ3n) is 2.51. The lowest BCUT2D eigenvalue weighted by Crippen LogP contribution is -1.95. The quantitative estimate of drug-likeness (QED) is 0.264. The van der Waals surface area contributed by atoms with Crippen molar-refractivity contribution in [3.05, 3.63) is 40.2 Å². The number of aromatic nitrogens is 2. The van der Waals surface area contributed by atoms with Gasteiger partial charge in [0.15, 0.2) is 0 Å². The van der Waals surface area contributed by atoms with Crippen LogP contribution in [0.2, 0.25) is 0 Å². The van der Waals surface area contributed by atoms with E-state index >= 15 is 0 Å². The van der Waals surface area contributed by atoms with Gasteiger partial charge in [-0.15, -0.1) is 0 Å². The summed E-state index contributed by atoms with van der Waals surface area (Å²) in [4.78, 5) is 11.3. The molecule has 100 valence electrons. The highest BCUT2D eigenvalue weighted by Crippen LogP contribution is 2.36. The van der Waals surface area contributed by atoms with Crippen molar-refractivity contribution < 1.29 is 4.92 Å². The van der Waals surface area contributed by atoms with Crippen molar-refractivity contribution in [2.24, 2.45) is 10.9 Å². The van der Waals surface area contributed by atoms with Crippen LogP contribution in [0.3, 0.4) is 0 Å². The lowest BCUT2D eigenvalue weighted by Gasteiger charge is -2.05. The SMILES string of the molecule is N/C=C(\SN)c1cc([N+](=O)[O-])c2cnn(PI)c2c1. The molecule has 1 unspecified atom stereocenters. The van der Waals surface area contributed by atoms with Gasteiger partial charge in [0.1, 0.15) is 0 Å². The van der Waals surface area contributed by atoms with Crippen LogP contribution >= 0.6 is 40.4 Å². The van der Waals surface area contributed by atoms with E-state index in [1.165, 1.54) is 18.5 Å². The van der Waals surface area contributed by atoms with Gasteiger partial charge in [0.2, 0.25) is 0 Å². The monoisotopic (exact) mass is 409 g/mol. The van der Waals surface area contributed by atoms with Gasteiger partial charge in [0.25, 0.3) is 5.69 Å². The largest absolute Gasteiger partial charge is 0.404 e. The molecule has 0 aliphatic heterocycles. The molecule has 0 fully saturated rings. The predicted molar refractivity (Wildman–Crippen MR) is 88.1 cm³/mol. The van der Waals surface area contributed by atoms with E-state index in [-0.39, 0.29) is 5.69 Å². The van der Waals surface area contributed by atoms with Crippen molar-refractivity contribution in [1.29, 1.82) is 0 Å². The number of non-ortho nitro benzene ring substituents is 1. The first-order chi connectivity index (χ1) is 9.12. The van der Waals surface area contributed by atoms with Gasteiger partial charge < -0.3 is 5.73 Å². The number of hydrogen-bond acceptors (Lipinski definition) is 6. The molecule has 0 saturated heterocycles. The van der Waals surface area contributed by atoms with Crippen LogP contribution in [0.4, 0.5) is 5.69 Å². The Morgan fingerprint density at radius 2 is 2.37 bits per heavy atom. The average Bonchev–Trinajstić information content (AvgIpc) is 2.82. The Morgan fingerprint density at radius 1 is 1.63 bits per heavy atom. The Labute approximate surface area is 127 Å². The van der Waals surface area contributed by atoms with Gasteiger partial charge in [-0.3, -0.25) is 15.3 Å². The molecule has 19 heavy (non-hydrogen) atoms. The molecule has 2 rings (SSSR count). The van der Waals surface area contributed by atoms with E-state index in [0.29, 0.717) is 27.7 Å². The van der Waals surface area contributed by atoms with Gasteiger partial charge in [0, 0.05) is 17.2 Å². The van der Waals surface area contributed by atoms with Gasteiger partial charge in [-0.1, -0.05) is 0 Å². The smallest absolute Gasteiger partial charge is 0.281 e. The lowest BCUT2D eigenvalue weighted by atomic mass is 10.1. The highest BCUT2D eigenvalue weighted by Gasteiger charge is 2.18. The van der Waals surface area contributed by atoms with E-state index < -0.39 is 4.92 Å². The van der Waals surface area contributed by atoms with Crippen LogP contribution in [-0.4, -0.2) is 14.5 Å². The number of halogens is 1. The number of fused-ring (bicyclic) bond motifs is 1. The zero-order valence-corrected chi connectivity index (χ0v) is 13.4. The highest BCUT2D eigenvalue weighted by atomic mass is 127. The molecule has 1 aromatic heterocycles. The van der Waals surface area contributed by atoms with Crippen LogP contribution in [0.15, 0.2) is 24.5 Å². The van der Waals surface area contributed by atoms with Crippen LogP contribution < -0.4 is 10.9 Å². The van der Waals surface area contributed by atoms with Crippen LogP contribution in [-0.2, 0) is 0 Å². The molecule has 0 radical (unpaired) electrons. The fourth-order valence-corrected chi connectivity index (χ4v) is 3.54. The predicted octanol–water partition coefficient (Wildman–Crippen LogP) is 2.60. The lowest BCUT2D eigenvalue weighted by molar-refractivity contribution is -0.383. The van der Waals surface area contributed by atoms with Gasteiger partial charge in [-0.25, -0.2) is 4.45 Å². The molecule has 2 aromatic rings. The average molecular weight is 409 g/mol. The van der Waals surface area contributed by atoms with Crippen molar-refractivity contribution in [3.63, 3.8) is 0 Å². The first-order valence-electron chi connectivity index (χ1n) is 4.94. The van der Waals surface area contributed by atoms with E-state index in [9.17, 15) is 10.1 Å². The summed E-state index contributed by atoms with van der Waals surface area (Å²) in [5.74, 6) is 0. The number of rotatable bonds is 4. The number of nitrogens with zero attached hydrogens (tertiary/aromatic N) is 3. The van der Waals surface area contributed by atoms with E-state index in [0.717, 1.165) is 11.9 Å². The fourth-order valence-electron chi connectivity index (χ4n) is 1.67. The summed E-state index contributed by atoms with van der Waals surface area (Å²) in [6.45, 7) is 0. The zero-order valence-electron chi connectivity index (χ0n) is 9.41. The van der Waals surface area contributed by atoms with Gasteiger partial charge in [0.05, 0.1) is 28.4 Å². The number of hydrogen-bond donors (Lipinski definition) is 2. The minimum atomic E-state index is -0.427. The molecule has 0 saturated carbocycles. The first kappa shape index (κ1) is 14.5. The Morgan fingerprint density at radius 3 is 2.89 bits per heavy atom. The number of benzene rings is 1. The molecular formula is C9H9IN5O2PS. The molecule has 0 aliphatic rings. The summed E-state index contributed by atoms with van der Waals surface area (Å²) >= 11 is 3.12. The number of nitro benzene ring substituents is 1. The van der Waals surface area contributed by atoms with E-state index in [4.69, 9.17) is 10.9 Å². The maximum absolute atomic E-state index is 11.1. The summed E-state index contributed by atoms with van der Waals surface area (Å²) in [6.07, 6.45) is 3.19. The van der Waals surface area contributed by atoms with Crippen molar-refractivity contribution in [2.45, 2.75) is 0 Å². The first-order valence-corrected chi connectivity index (χ1v) is 9.88. The fraction of sp³-hybridized carbons (Fsp3) is 0. The van der Waals surface area contributed by atoms with Crippen molar-refractivity contribution >= 4 is 61.9 Å². The van der Waals surface area contributed by atoms with Crippen molar-refractivity contribution in [1.82, 2.24) is 9.55 Å². The molecule has 0 spiro atoms. The molecule has 1 heterocycles. The summed E-state index contributed by atoms with van der Waals surface area (Å²) in [5, 5.41) is 21.3. The summed E-state index contributed by atoms with van der Waals surface area (Å²) in [5.41, 5.74) is 6.79. The van der Waals surface area contributed by atoms with Crippen molar-refractivity contribution in [3.8, 4) is 0 Å². The van der Waals surface area contributed by atoms with Crippen molar-refractivity contribution in [2.75, 3.05) is 0 Å². The second kappa shape index (κ2) is 6.04. The number of nitro groups is 1. The molecule has 4 N–H and O–H groups in total. The molecular weight excluding hydrogens is 400 g/mol. The summed E-state index contributed by atoms with van der Waals surface area (Å²) < 4.78 is 1.71. The summed E-state index contributed by atoms with van der Waals surface area (Å²) in [7, 11) is 0. The van der Waals surface area contributed by atoms with Crippen LogP contribution in [0.5, 0.6) is 0 Å². The molecule has 10 heteroatoms. The second-order valence-electron chi connectivity index (χ2n) is 3.47. The van der Waals surface area contributed by atoms with Crippen LogP contribution in [0, 0.1) is 10.1 Å². The molecule has 1 aromatic carbocycles. The molecule has 7 nitrogen and oxygen atoms in total. The Bertz CT molecular complexity index is 674. The molecule has 0 amide bonds. The molecule has 0 bridgehead atoms. The highest BCUT2D eigenvalue weighted by molar-refractivity contribution is 14.2. The normalized spacial score (nSPS) is 12.6. The van der Waals surface area contributed by atoms with Crippen LogP contribution in [0.25, 0.3) is 15.8 Å². The minimum absolute atomic E-state index is 0.00167. The summed E-state index contributed by atoms with van der Waals surface area (Å²) in [6, 6.07) is 3.27. The Balaban J connectivity index is 2.78. The molecule has 1 atom stereocenters. The second-order valence-corrected chi connectivity index (χ2v) is 6.19. The van der Waals surface area contributed by atoms with Crippen LogP contribution in [0.1, 0.15) is 5.56 Å². The van der Waals surface area contributed by atoms with E-state index in [1.807, 2.05) is 0 Å². The Hall–Kier alpha value is -0.900. The van der Waals surface area contributed by atoms with Gasteiger partial charge in [-0.05, 0) is 45.6 Å². The standard InChI is InChI=1S/C9H9IN5O2PS/c10-18-14-7-1-5(9(3-11)19-12)2-8(15(16)17)6(7)4-13-14/h1-4,18H,11-12H2/b9-3-. The maximum Gasteiger partial charge on any atom is 0.281 e. The maximum atomic E-state index is 11.1. The molecule has 0 aliphatic carbocycles. The third kappa shape index (κ3) is 2.69. The van der Waals surface area contributed by atoms with Gasteiger partial charge in [-0.2, -0.15) is 5.10 Å². The third-order valence-corrected chi connectivity index (χ3v) is 5.02.